The Kier molecular flexibility index (Phi) is 6.04. The van der Waals surface area contributed by atoms with Gasteiger partial charge in [0.1, 0.15) is 11.4 Å². The number of rotatable bonds is 2. The Bertz CT molecular complexity index is 1060. The second-order valence-corrected chi connectivity index (χ2v) is 9.14. The van der Waals surface area contributed by atoms with Gasteiger partial charge >= 0.3 is 0 Å². The first-order valence-electron chi connectivity index (χ1n) is 9.40. The van der Waals surface area contributed by atoms with Gasteiger partial charge in [-0.2, -0.15) is 0 Å². The van der Waals surface area contributed by atoms with Crippen molar-refractivity contribution in [3.8, 4) is 5.75 Å². The second-order valence-electron chi connectivity index (χ2n) is 7.48. The van der Waals surface area contributed by atoms with Crippen LogP contribution in [-0.2, 0) is 4.79 Å². The number of carbonyl (C=O) groups is 2. The van der Waals surface area contributed by atoms with Crippen LogP contribution < -0.4 is 4.74 Å². The van der Waals surface area contributed by atoms with Crippen LogP contribution in [0, 0.1) is 0 Å². The molecule has 2 aliphatic rings. The fourth-order valence-corrected chi connectivity index (χ4v) is 4.65. The van der Waals surface area contributed by atoms with Gasteiger partial charge in [0.2, 0.25) is 5.91 Å². The van der Waals surface area contributed by atoms with Crippen LogP contribution in [0.5, 0.6) is 5.75 Å². The van der Waals surface area contributed by atoms with Gasteiger partial charge in [-0.05, 0) is 35.9 Å². The standard InChI is InChI=1S/C22H17Cl4NO3/c23-14-10-15-19(28)12-22(30-21(15)18(26)11-14)5-7-27(8-6-22)20(29)4-2-13-1-3-16(24)17(25)9-13/h1-4,9-11H,5-8,12H2/b4-2+. The van der Waals surface area contributed by atoms with Crippen molar-refractivity contribution < 1.29 is 14.3 Å². The molecule has 2 aliphatic heterocycles. The molecular formula is C22H17Cl4NO3. The molecule has 2 aromatic rings. The van der Waals surface area contributed by atoms with Crippen LogP contribution in [0.1, 0.15) is 35.2 Å². The topological polar surface area (TPSA) is 46.6 Å². The quantitative estimate of drug-likeness (QED) is 0.467. The normalized spacial score (nSPS) is 17.9. The number of nitrogens with zero attached hydrogens (tertiary/aromatic N) is 1. The number of likely N-dealkylation sites (tertiary alicyclic amines) is 1. The highest BCUT2D eigenvalue weighted by atomic mass is 35.5. The van der Waals surface area contributed by atoms with E-state index in [2.05, 4.69) is 0 Å². The van der Waals surface area contributed by atoms with E-state index in [4.69, 9.17) is 51.1 Å². The Labute approximate surface area is 194 Å². The summed E-state index contributed by atoms with van der Waals surface area (Å²) in [5.74, 6) is 0.236. The number of carbonyl (C=O) groups excluding carboxylic acids is 2. The molecule has 4 nitrogen and oxygen atoms in total. The Morgan fingerprint density at radius 1 is 1.00 bits per heavy atom. The van der Waals surface area contributed by atoms with E-state index in [1.54, 1.807) is 41.3 Å². The van der Waals surface area contributed by atoms with E-state index in [9.17, 15) is 9.59 Å². The predicted octanol–water partition coefficient (Wildman–Crippen LogP) is 6.34. The van der Waals surface area contributed by atoms with Gasteiger partial charge in [0.25, 0.3) is 0 Å². The monoisotopic (exact) mass is 483 g/mol. The number of amides is 1. The molecular weight excluding hydrogens is 468 g/mol. The lowest BCUT2D eigenvalue weighted by Crippen LogP contribution is -2.52. The zero-order chi connectivity index (χ0) is 21.5. The highest BCUT2D eigenvalue weighted by Crippen LogP contribution is 2.44. The molecule has 0 atom stereocenters. The van der Waals surface area contributed by atoms with Crippen molar-refractivity contribution in [1.29, 1.82) is 0 Å². The van der Waals surface area contributed by atoms with E-state index in [1.807, 2.05) is 0 Å². The number of halogens is 4. The van der Waals surface area contributed by atoms with Crippen molar-refractivity contribution in [2.75, 3.05) is 13.1 Å². The number of fused-ring (bicyclic) bond motifs is 1. The average molecular weight is 485 g/mol. The lowest BCUT2D eigenvalue weighted by Gasteiger charge is -2.44. The third kappa shape index (κ3) is 4.33. The van der Waals surface area contributed by atoms with Gasteiger partial charge in [-0.25, -0.2) is 0 Å². The van der Waals surface area contributed by atoms with E-state index >= 15 is 0 Å². The number of ether oxygens (including phenoxy) is 1. The predicted molar refractivity (Wildman–Crippen MR) is 120 cm³/mol. The lowest BCUT2D eigenvalue weighted by atomic mass is 9.82. The first-order chi connectivity index (χ1) is 14.3. The molecule has 2 heterocycles. The minimum atomic E-state index is -0.647. The summed E-state index contributed by atoms with van der Waals surface area (Å²) >= 11 is 24.2. The maximum atomic E-state index is 12.7. The van der Waals surface area contributed by atoms with E-state index in [0.717, 1.165) is 5.56 Å². The fourth-order valence-electron chi connectivity index (χ4n) is 3.81. The summed E-state index contributed by atoms with van der Waals surface area (Å²) in [6.45, 7) is 0.969. The minimum Gasteiger partial charge on any atom is -0.484 e. The maximum absolute atomic E-state index is 12.7. The smallest absolute Gasteiger partial charge is 0.246 e. The molecule has 1 amide bonds. The number of hydrogen-bond acceptors (Lipinski definition) is 3. The lowest BCUT2D eigenvalue weighted by molar-refractivity contribution is -0.129. The average Bonchev–Trinajstić information content (AvgIpc) is 2.70. The first kappa shape index (κ1) is 21.5. The summed E-state index contributed by atoms with van der Waals surface area (Å²) in [6, 6.07) is 8.34. The van der Waals surface area contributed by atoms with Crippen LogP contribution in [0.4, 0.5) is 0 Å². The van der Waals surface area contributed by atoms with E-state index in [1.165, 1.54) is 6.08 Å². The summed E-state index contributed by atoms with van der Waals surface area (Å²) in [6.07, 6.45) is 4.55. The molecule has 0 N–H and O–H groups in total. The van der Waals surface area contributed by atoms with E-state index in [-0.39, 0.29) is 18.1 Å². The second kappa shape index (κ2) is 8.43. The van der Waals surface area contributed by atoms with Gasteiger partial charge in [0.05, 0.1) is 27.1 Å². The third-order valence-corrected chi connectivity index (χ3v) is 6.70. The molecule has 0 saturated carbocycles. The van der Waals surface area contributed by atoms with Gasteiger partial charge < -0.3 is 9.64 Å². The van der Waals surface area contributed by atoms with Crippen LogP contribution in [0.25, 0.3) is 6.08 Å². The molecule has 156 valence electrons. The van der Waals surface area contributed by atoms with Gasteiger partial charge in [-0.3, -0.25) is 9.59 Å². The van der Waals surface area contributed by atoms with Crippen LogP contribution >= 0.6 is 46.4 Å². The first-order valence-corrected chi connectivity index (χ1v) is 10.9. The Hall–Kier alpha value is -1.72. The van der Waals surface area contributed by atoms with Crippen molar-refractivity contribution in [3.05, 3.63) is 67.6 Å². The van der Waals surface area contributed by atoms with Gasteiger partial charge in [0, 0.05) is 37.0 Å². The SMILES string of the molecule is O=C1CC2(CCN(C(=O)/C=C/c3ccc(Cl)c(Cl)c3)CC2)Oc2c(Cl)cc(Cl)cc21. The fraction of sp³-hybridized carbons (Fsp3) is 0.273. The summed E-state index contributed by atoms with van der Waals surface area (Å²) < 4.78 is 6.20. The number of piperidine rings is 1. The van der Waals surface area contributed by atoms with E-state index < -0.39 is 5.60 Å². The number of ketones is 1. The van der Waals surface area contributed by atoms with Crippen LogP contribution in [0.2, 0.25) is 20.1 Å². The van der Waals surface area contributed by atoms with Crippen LogP contribution in [0.15, 0.2) is 36.4 Å². The molecule has 0 aromatic heterocycles. The van der Waals surface area contributed by atoms with Crippen molar-refractivity contribution in [2.45, 2.75) is 24.9 Å². The number of hydrogen-bond donors (Lipinski definition) is 0. The summed E-state index contributed by atoms with van der Waals surface area (Å²) in [5.41, 5.74) is 0.560. The van der Waals surface area contributed by atoms with Gasteiger partial charge in [-0.1, -0.05) is 52.5 Å². The van der Waals surface area contributed by atoms with Crippen molar-refractivity contribution >= 4 is 64.2 Å². The van der Waals surface area contributed by atoms with Crippen LogP contribution in [0.3, 0.4) is 0 Å². The Morgan fingerprint density at radius 3 is 2.43 bits per heavy atom. The van der Waals surface area contributed by atoms with Gasteiger partial charge in [0.15, 0.2) is 5.78 Å². The molecule has 30 heavy (non-hydrogen) atoms. The molecule has 1 saturated heterocycles. The highest BCUT2D eigenvalue weighted by Gasteiger charge is 2.44. The molecule has 8 heteroatoms. The highest BCUT2D eigenvalue weighted by molar-refractivity contribution is 6.42. The van der Waals surface area contributed by atoms with Crippen LogP contribution in [-0.4, -0.2) is 35.3 Å². The molecule has 1 fully saturated rings. The molecule has 0 aliphatic carbocycles. The summed E-state index contributed by atoms with van der Waals surface area (Å²) in [5, 5.41) is 1.63. The molecule has 0 bridgehead atoms. The zero-order valence-electron chi connectivity index (χ0n) is 15.8. The largest absolute Gasteiger partial charge is 0.484 e. The van der Waals surface area contributed by atoms with E-state index in [0.29, 0.717) is 57.3 Å². The van der Waals surface area contributed by atoms with Crippen molar-refractivity contribution in [3.63, 3.8) is 0 Å². The van der Waals surface area contributed by atoms with Gasteiger partial charge in [-0.15, -0.1) is 0 Å². The number of Topliss-reactive ketones (excluding diaryl/α,β-unsaturated/α-hetero) is 1. The third-order valence-electron chi connectivity index (χ3n) is 5.46. The minimum absolute atomic E-state index is 0.0417. The number of benzene rings is 2. The Balaban J connectivity index is 1.43. The summed E-state index contributed by atoms with van der Waals surface area (Å²) in [7, 11) is 0. The van der Waals surface area contributed by atoms with Crippen molar-refractivity contribution in [1.82, 2.24) is 4.90 Å². The molecule has 1 spiro atoms. The molecule has 0 radical (unpaired) electrons. The maximum Gasteiger partial charge on any atom is 0.246 e. The molecule has 2 aromatic carbocycles. The molecule has 0 unspecified atom stereocenters. The Morgan fingerprint density at radius 2 is 1.73 bits per heavy atom. The molecule has 4 rings (SSSR count). The zero-order valence-corrected chi connectivity index (χ0v) is 18.8. The summed E-state index contributed by atoms with van der Waals surface area (Å²) in [4.78, 5) is 27.0. The van der Waals surface area contributed by atoms with Crippen molar-refractivity contribution in [2.24, 2.45) is 0 Å².